The van der Waals surface area contributed by atoms with Crippen molar-refractivity contribution in [2.24, 2.45) is 0 Å². The summed E-state index contributed by atoms with van der Waals surface area (Å²) in [6.07, 6.45) is 3.62. The highest BCUT2D eigenvalue weighted by Crippen LogP contribution is 2.32. The molecule has 6 nitrogen and oxygen atoms in total. The first-order chi connectivity index (χ1) is 15.1. The molecule has 2 aromatic carbocycles. The van der Waals surface area contributed by atoms with Gasteiger partial charge in [0, 0.05) is 45.3 Å². The van der Waals surface area contributed by atoms with Crippen LogP contribution in [0.3, 0.4) is 0 Å². The first kappa shape index (κ1) is 21.2. The van der Waals surface area contributed by atoms with Crippen molar-refractivity contribution in [2.75, 3.05) is 44.7 Å². The molecule has 2 heterocycles. The van der Waals surface area contributed by atoms with Crippen molar-refractivity contribution in [2.45, 2.75) is 32.2 Å². The maximum Gasteiger partial charge on any atom is 0.258 e. The zero-order chi connectivity index (χ0) is 21.8. The zero-order valence-corrected chi connectivity index (χ0v) is 18.4. The van der Waals surface area contributed by atoms with Crippen LogP contribution < -0.4 is 9.64 Å². The smallest absolute Gasteiger partial charge is 0.258 e. The summed E-state index contributed by atoms with van der Waals surface area (Å²) >= 11 is 0. The van der Waals surface area contributed by atoms with E-state index < -0.39 is 0 Å². The van der Waals surface area contributed by atoms with E-state index >= 15 is 0 Å². The van der Waals surface area contributed by atoms with Gasteiger partial charge in [0.1, 0.15) is 5.75 Å². The van der Waals surface area contributed by atoms with Gasteiger partial charge in [0.05, 0.1) is 18.7 Å². The van der Waals surface area contributed by atoms with Gasteiger partial charge in [-0.2, -0.15) is 0 Å². The van der Waals surface area contributed by atoms with Crippen molar-refractivity contribution in [3.8, 4) is 5.75 Å². The lowest BCUT2D eigenvalue weighted by molar-refractivity contribution is -0.131. The average molecular weight is 422 g/mol. The van der Waals surface area contributed by atoms with Crippen LogP contribution in [0.4, 0.5) is 5.69 Å². The lowest BCUT2D eigenvalue weighted by Gasteiger charge is -2.41. The Kier molecular flexibility index (Phi) is 6.44. The summed E-state index contributed by atoms with van der Waals surface area (Å²) in [4.78, 5) is 31.9. The number of hydrogen-bond acceptors (Lipinski definition) is 4. The molecule has 0 N–H and O–H groups in total. The van der Waals surface area contributed by atoms with Crippen LogP contribution in [0.15, 0.2) is 48.5 Å². The Morgan fingerprint density at radius 3 is 2.35 bits per heavy atom. The molecule has 164 valence electrons. The Labute approximate surface area is 184 Å². The van der Waals surface area contributed by atoms with Crippen LogP contribution in [0.2, 0.25) is 0 Å². The van der Waals surface area contributed by atoms with Crippen molar-refractivity contribution in [3.63, 3.8) is 0 Å². The van der Waals surface area contributed by atoms with E-state index in [1.165, 1.54) is 19.3 Å². The van der Waals surface area contributed by atoms with Gasteiger partial charge in [0.15, 0.2) is 0 Å². The monoisotopic (exact) mass is 421 g/mol. The number of amides is 2. The van der Waals surface area contributed by atoms with Crippen LogP contribution in [0.1, 0.15) is 48.1 Å². The number of benzene rings is 2. The van der Waals surface area contributed by atoms with Gasteiger partial charge < -0.3 is 19.4 Å². The highest BCUT2D eigenvalue weighted by molar-refractivity contribution is 5.98. The predicted molar refractivity (Wildman–Crippen MR) is 122 cm³/mol. The molecule has 2 saturated heterocycles. The number of piperidine rings is 1. The van der Waals surface area contributed by atoms with Gasteiger partial charge in [-0.1, -0.05) is 30.3 Å². The minimum Gasteiger partial charge on any atom is -0.496 e. The molecular weight excluding hydrogens is 390 g/mol. The molecule has 0 spiro atoms. The molecule has 1 atom stereocenters. The second-order valence-electron chi connectivity index (χ2n) is 8.32. The number of piperazine rings is 1. The fraction of sp³-hybridized carbons (Fsp3) is 0.440. The molecular formula is C25H31N3O3. The van der Waals surface area contributed by atoms with Crippen LogP contribution in [0.5, 0.6) is 5.75 Å². The Morgan fingerprint density at radius 2 is 1.68 bits per heavy atom. The van der Waals surface area contributed by atoms with Gasteiger partial charge in [-0.25, -0.2) is 0 Å². The molecule has 6 heteroatoms. The van der Waals surface area contributed by atoms with Crippen molar-refractivity contribution in [1.29, 1.82) is 0 Å². The molecule has 2 aliphatic rings. The lowest BCUT2D eigenvalue weighted by atomic mass is 10.00. The predicted octanol–water partition coefficient (Wildman–Crippen LogP) is 3.73. The molecule has 0 bridgehead atoms. The third kappa shape index (κ3) is 4.53. The summed E-state index contributed by atoms with van der Waals surface area (Å²) in [5, 5.41) is 0. The van der Waals surface area contributed by atoms with Gasteiger partial charge >= 0.3 is 0 Å². The largest absolute Gasteiger partial charge is 0.496 e. The molecule has 2 fully saturated rings. The first-order valence-corrected chi connectivity index (χ1v) is 11.1. The first-order valence-electron chi connectivity index (χ1n) is 11.1. The standard InChI is InChI=1S/C25H31N3O3/c1-19(29)27-15-16-28(23(18-27)20-9-5-3-6-10-20)25(30)22-17-21(11-12-24(22)31-2)26-13-7-4-8-14-26/h3,5-6,9-12,17,23H,4,7-8,13-16,18H2,1-2H3/t23-/m1/s1. The Bertz CT molecular complexity index is 925. The van der Waals surface area contributed by atoms with E-state index in [0.717, 1.165) is 24.3 Å². The van der Waals surface area contributed by atoms with Gasteiger partial charge in [-0.3, -0.25) is 9.59 Å². The van der Waals surface area contributed by atoms with Gasteiger partial charge in [-0.05, 0) is 43.0 Å². The Balaban J connectivity index is 1.67. The van der Waals surface area contributed by atoms with Crippen LogP contribution >= 0.6 is 0 Å². The molecule has 4 rings (SSSR count). The number of carbonyl (C=O) groups excluding carboxylic acids is 2. The van der Waals surface area contributed by atoms with E-state index in [0.29, 0.717) is 30.9 Å². The Hall–Kier alpha value is -3.02. The lowest BCUT2D eigenvalue weighted by Crippen LogP contribution is -2.52. The molecule has 0 aliphatic carbocycles. The summed E-state index contributed by atoms with van der Waals surface area (Å²) < 4.78 is 5.57. The van der Waals surface area contributed by atoms with E-state index in [1.807, 2.05) is 58.3 Å². The fourth-order valence-electron chi connectivity index (χ4n) is 4.64. The van der Waals surface area contributed by atoms with Crippen LogP contribution in [0, 0.1) is 0 Å². The van der Waals surface area contributed by atoms with E-state index in [2.05, 4.69) is 4.90 Å². The second-order valence-corrected chi connectivity index (χ2v) is 8.32. The number of hydrogen-bond donors (Lipinski definition) is 0. The van der Waals surface area contributed by atoms with Gasteiger partial charge in [0.2, 0.25) is 5.91 Å². The van der Waals surface area contributed by atoms with Gasteiger partial charge in [-0.15, -0.1) is 0 Å². The maximum atomic E-state index is 13.8. The van der Waals surface area contributed by atoms with Crippen LogP contribution in [-0.4, -0.2) is 61.4 Å². The molecule has 0 saturated carbocycles. The van der Waals surface area contributed by atoms with Gasteiger partial charge in [0.25, 0.3) is 5.91 Å². The Morgan fingerprint density at radius 1 is 0.935 bits per heavy atom. The summed E-state index contributed by atoms with van der Waals surface area (Å²) in [6.45, 7) is 5.16. The zero-order valence-electron chi connectivity index (χ0n) is 18.4. The van der Waals surface area contributed by atoms with E-state index in [1.54, 1.807) is 14.0 Å². The second kappa shape index (κ2) is 9.41. The number of nitrogens with zero attached hydrogens (tertiary/aromatic N) is 3. The van der Waals surface area contributed by atoms with E-state index in [9.17, 15) is 9.59 Å². The molecule has 0 unspecified atom stereocenters. The maximum absolute atomic E-state index is 13.8. The van der Waals surface area contributed by atoms with Crippen molar-refractivity contribution >= 4 is 17.5 Å². The minimum atomic E-state index is -0.185. The van der Waals surface area contributed by atoms with Crippen molar-refractivity contribution < 1.29 is 14.3 Å². The third-order valence-corrected chi connectivity index (χ3v) is 6.41. The summed E-state index contributed by atoms with van der Waals surface area (Å²) in [7, 11) is 1.61. The van der Waals surface area contributed by atoms with E-state index in [-0.39, 0.29) is 17.9 Å². The molecule has 2 aromatic rings. The van der Waals surface area contributed by atoms with E-state index in [4.69, 9.17) is 4.74 Å². The fourth-order valence-corrected chi connectivity index (χ4v) is 4.64. The third-order valence-electron chi connectivity index (χ3n) is 6.41. The highest BCUT2D eigenvalue weighted by atomic mass is 16.5. The number of methoxy groups -OCH3 is 1. The van der Waals surface area contributed by atoms with Crippen LogP contribution in [0.25, 0.3) is 0 Å². The molecule has 31 heavy (non-hydrogen) atoms. The minimum absolute atomic E-state index is 0.0395. The molecule has 0 aromatic heterocycles. The average Bonchev–Trinajstić information content (AvgIpc) is 2.84. The highest BCUT2D eigenvalue weighted by Gasteiger charge is 2.34. The van der Waals surface area contributed by atoms with Crippen molar-refractivity contribution in [1.82, 2.24) is 9.80 Å². The quantitative estimate of drug-likeness (QED) is 0.755. The number of rotatable bonds is 4. The number of carbonyl (C=O) groups is 2. The topological polar surface area (TPSA) is 53.1 Å². The number of anilines is 1. The molecule has 2 amide bonds. The summed E-state index contributed by atoms with van der Waals surface area (Å²) in [5.74, 6) is 0.581. The molecule has 0 radical (unpaired) electrons. The number of ether oxygens (including phenoxy) is 1. The van der Waals surface area contributed by atoms with Crippen molar-refractivity contribution in [3.05, 3.63) is 59.7 Å². The summed E-state index contributed by atoms with van der Waals surface area (Å²) in [6, 6.07) is 15.7. The summed E-state index contributed by atoms with van der Waals surface area (Å²) in [5.41, 5.74) is 2.69. The normalized spacial score (nSPS) is 19.3. The molecule has 2 aliphatic heterocycles. The SMILES string of the molecule is COc1ccc(N2CCCCC2)cc1C(=O)N1CCN(C(C)=O)C[C@@H]1c1ccccc1. The van der Waals surface area contributed by atoms with Crippen LogP contribution in [-0.2, 0) is 4.79 Å².